The number of allylic oxidation sites excluding steroid dienone is 6. The van der Waals surface area contributed by atoms with Crippen LogP contribution in [0.4, 0.5) is 5.82 Å². The Balaban J connectivity index is 1.98. The molecule has 25 heavy (non-hydrogen) atoms. The summed E-state index contributed by atoms with van der Waals surface area (Å²) in [7, 11) is 0. The zero-order valence-corrected chi connectivity index (χ0v) is 13.6. The van der Waals surface area contributed by atoms with E-state index in [1.165, 1.54) is 0 Å². The largest absolute Gasteiger partial charge is 0.464 e. The lowest BCUT2D eigenvalue weighted by atomic mass is 10.1. The molecule has 1 aliphatic rings. The van der Waals surface area contributed by atoms with Crippen molar-refractivity contribution in [2.24, 2.45) is 9.98 Å². The van der Waals surface area contributed by atoms with Gasteiger partial charge in [0.15, 0.2) is 5.82 Å². The third kappa shape index (κ3) is 4.97. The van der Waals surface area contributed by atoms with E-state index in [9.17, 15) is 0 Å². The fraction of sp³-hybridized carbons (Fsp3) is 0. The first-order valence-corrected chi connectivity index (χ1v) is 7.86. The third-order valence-electron chi connectivity index (χ3n) is 3.30. The van der Waals surface area contributed by atoms with Crippen LogP contribution in [0.2, 0.25) is 0 Å². The predicted octanol–water partition coefficient (Wildman–Crippen LogP) is 5.05. The summed E-state index contributed by atoms with van der Waals surface area (Å²) in [6.07, 6.45) is 19.5. The maximum Gasteiger partial charge on any atom is 0.152 e. The van der Waals surface area contributed by atoms with Gasteiger partial charge in [0.05, 0.1) is 6.26 Å². The molecule has 0 saturated heterocycles. The zero-order valence-electron chi connectivity index (χ0n) is 13.6. The number of benzene rings is 1. The van der Waals surface area contributed by atoms with Gasteiger partial charge in [-0.05, 0) is 48.1 Å². The van der Waals surface area contributed by atoms with Crippen molar-refractivity contribution in [2.45, 2.75) is 0 Å². The summed E-state index contributed by atoms with van der Waals surface area (Å²) in [5, 5.41) is 0. The second-order valence-corrected chi connectivity index (χ2v) is 5.03. The summed E-state index contributed by atoms with van der Waals surface area (Å²) in [5.74, 6) is 1.41. The van der Waals surface area contributed by atoms with Gasteiger partial charge in [-0.2, -0.15) is 0 Å². The molecule has 0 spiro atoms. The number of rotatable bonds is 0. The number of fused-ring (bicyclic) bond motifs is 4. The van der Waals surface area contributed by atoms with Gasteiger partial charge >= 0.3 is 0 Å². The Hall–Kier alpha value is -3.53. The molecule has 2 heterocycles. The van der Waals surface area contributed by atoms with Crippen LogP contribution in [-0.4, -0.2) is 17.4 Å². The molecular weight excluding hydrogens is 310 g/mol. The van der Waals surface area contributed by atoms with Crippen molar-refractivity contribution in [3.63, 3.8) is 0 Å². The average Bonchev–Trinajstić information content (AvgIpc) is 2.65. The van der Waals surface area contributed by atoms with Crippen LogP contribution in [0.5, 0.6) is 5.75 Å². The fourth-order valence-corrected chi connectivity index (χ4v) is 2.17. The van der Waals surface area contributed by atoms with Crippen LogP contribution < -0.4 is 4.74 Å². The Morgan fingerprint density at radius 3 is 2.68 bits per heavy atom. The molecule has 0 atom stereocenters. The topological polar surface area (TPSA) is 46.8 Å². The number of ether oxygens (including phenoxy) is 1. The molecule has 0 aliphatic carbocycles. The Kier molecular flexibility index (Phi) is 5.84. The van der Waals surface area contributed by atoms with E-state index in [0.717, 1.165) is 16.9 Å². The summed E-state index contributed by atoms with van der Waals surface area (Å²) in [4.78, 5) is 12.7. The molecule has 0 saturated carbocycles. The van der Waals surface area contributed by atoms with Crippen LogP contribution in [0.25, 0.3) is 11.1 Å². The molecule has 2 aromatic rings. The highest BCUT2D eigenvalue weighted by Crippen LogP contribution is 2.31. The average molecular weight is 327 g/mol. The van der Waals surface area contributed by atoms with Crippen LogP contribution >= 0.6 is 0 Å². The molecule has 0 radical (unpaired) electrons. The Labute approximate surface area is 146 Å². The van der Waals surface area contributed by atoms with Crippen molar-refractivity contribution >= 4 is 18.2 Å². The van der Waals surface area contributed by atoms with Crippen molar-refractivity contribution < 1.29 is 4.74 Å². The summed E-state index contributed by atoms with van der Waals surface area (Å²) in [6.45, 7) is 0. The zero-order chi connectivity index (χ0) is 17.2. The Morgan fingerprint density at radius 1 is 0.800 bits per heavy atom. The van der Waals surface area contributed by atoms with Gasteiger partial charge in [0.25, 0.3) is 0 Å². The molecule has 0 fully saturated rings. The van der Waals surface area contributed by atoms with Gasteiger partial charge in [-0.3, -0.25) is 4.99 Å². The first kappa shape index (κ1) is 16.3. The molecule has 0 amide bonds. The van der Waals surface area contributed by atoms with Crippen LogP contribution in [0, 0.1) is 0 Å². The molecule has 4 nitrogen and oxygen atoms in total. The highest BCUT2D eigenvalue weighted by Gasteiger charge is 2.06. The van der Waals surface area contributed by atoms with Gasteiger partial charge in [0, 0.05) is 30.4 Å². The molecule has 1 aromatic carbocycles. The van der Waals surface area contributed by atoms with Crippen LogP contribution in [0.1, 0.15) is 0 Å². The maximum absolute atomic E-state index is 5.77. The van der Waals surface area contributed by atoms with Gasteiger partial charge in [0.2, 0.25) is 0 Å². The second-order valence-electron chi connectivity index (χ2n) is 5.03. The number of aromatic nitrogens is 1. The van der Waals surface area contributed by atoms with Gasteiger partial charge in [-0.1, -0.05) is 30.4 Å². The Morgan fingerprint density at radius 2 is 1.68 bits per heavy atom. The lowest BCUT2D eigenvalue weighted by molar-refractivity contribution is 0.483. The highest BCUT2D eigenvalue weighted by molar-refractivity contribution is 5.76. The number of para-hydroxylation sites is 1. The SMILES string of the molecule is C1=CC=N/C=C\C=C/C=Nc2cc(ccn2)-c2ccccc2OC=C1. The van der Waals surface area contributed by atoms with E-state index in [4.69, 9.17) is 4.74 Å². The van der Waals surface area contributed by atoms with Crippen molar-refractivity contribution in [1.29, 1.82) is 0 Å². The van der Waals surface area contributed by atoms with Gasteiger partial charge in [0.1, 0.15) is 5.75 Å². The summed E-state index contributed by atoms with van der Waals surface area (Å²) < 4.78 is 5.77. The summed E-state index contributed by atoms with van der Waals surface area (Å²) in [5.41, 5.74) is 1.98. The van der Waals surface area contributed by atoms with Crippen molar-refractivity contribution in [3.8, 4) is 16.9 Å². The van der Waals surface area contributed by atoms with E-state index < -0.39 is 0 Å². The van der Waals surface area contributed by atoms with Gasteiger partial charge < -0.3 is 4.74 Å². The monoisotopic (exact) mass is 327 g/mol. The first-order chi connectivity index (χ1) is 12.4. The predicted molar refractivity (Wildman–Crippen MR) is 104 cm³/mol. The molecule has 2 bridgehead atoms. The second kappa shape index (κ2) is 8.93. The lowest BCUT2D eigenvalue weighted by Gasteiger charge is -2.08. The van der Waals surface area contributed by atoms with E-state index in [0.29, 0.717) is 5.82 Å². The molecule has 0 N–H and O–H groups in total. The summed E-state index contributed by atoms with van der Waals surface area (Å²) >= 11 is 0. The highest BCUT2D eigenvalue weighted by atomic mass is 16.5. The van der Waals surface area contributed by atoms with E-state index >= 15 is 0 Å². The molecule has 0 unspecified atom stereocenters. The normalized spacial score (nSPS) is 16.3. The van der Waals surface area contributed by atoms with Crippen molar-refractivity contribution in [3.05, 3.63) is 91.5 Å². The third-order valence-corrected chi connectivity index (χ3v) is 3.30. The summed E-state index contributed by atoms with van der Waals surface area (Å²) in [6, 6.07) is 11.7. The van der Waals surface area contributed by atoms with E-state index in [1.54, 1.807) is 31.1 Å². The minimum atomic E-state index is 0.638. The number of hydrogen-bond acceptors (Lipinski definition) is 4. The van der Waals surface area contributed by atoms with Crippen LogP contribution in [0.15, 0.2) is 101 Å². The van der Waals surface area contributed by atoms with E-state index in [2.05, 4.69) is 15.0 Å². The van der Waals surface area contributed by atoms with E-state index in [1.807, 2.05) is 72.9 Å². The Bertz CT molecular complexity index is 890. The van der Waals surface area contributed by atoms with Crippen LogP contribution in [0.3, 0.4) is 0 Å². The molecule has 4 heteroatoms. The first-order valence-electron chi connectivity index (χ1n) is 7.86. The molecule has 3 rings (SSSR count). The van der Waals surface area contributed by atoms with E-state index in [-0.39, 0.29) is 0 Å². The number of hydrogen-bond donors (Lipinski definition) is 0. The smallest absolute Gasteiger partial charge is 0.152 e. The number of nitrogens with zero attached hydrogens (tertiary/aromatic N) is 3. The molecule has 122 valence electrons. The molecular formula is C21H17N3O. The van der Waals surface area contributed by atoms with Crippen molar-refractivity contribution in [1.82, 2.24) is 4.98 Å². The lowest BCUT2D eigenvalue weighted by Crippen LogP contribution is -1.87. The maximum atomic E-state index is 5.77. The van der Waals surface area contributed by atoms with Crippen molar-refractivity contribution in [2.75, 3.05) is 0 Å². The van der Waals surface area contributed by atoms with Gasteiger partial charge in [-0.25, -0.2) is 9.98 Å². The molecule has 1 aromatic heterocycles. The van der Waals surface area contributed by atoms with Gasteiger partial charge in [-0.15, -0.1) is 0 Å². The minimum Gasteiger partial charge on any atom is -0.464 e. The molecule has 1 aliphatic heterocycles. The quantitative estimate of drug-likeness (QED) is 0.679. The number of pyridine rings is 1. The number of aliphatic imine (C=N–C) groups is 2. The van der Waals surface area contributed by atoms with Crippen LogP contribution in [-0.2, 0) is 0 Å². The minimum absolute atomic E-state index is 0.638. The fourth-order valence-electron chi connectivity index (χ4n) is 2.17. The standard InChI is InChI=1S/C21H17N3O/c1-5-12-22-13-6-2-8-16-25-20-10-4-3-9-19(20)18-11-15-24-21(17-18)23-14-7-1/h1-17H/b6-2?,7-1-,12-5-,16-8?,22-13?,23-14?.